The molecular weight excluding hydrogens is 189 g/mol. The van der Waals surface area contributed by atoms with Crippen molar-refractivity contribution < 1.29 is 4.39 Å². The first-order chi connectivity index (χ1) is 6.09. The van der Waals surface area contributed by atoms with Gasteiger partial charge in [-0.25, -0.2) is 10.2 Å². The van der Waals surface area contributed by atoms with Gasteiger partial charge in [-0.1, -0.05) is 0 Å². The number of rotatable bonds is 1. The molecule has 0 amide bonds. The molecule has 0 heterocycles. The molecule has 0 aromatic heterocycles. The van der Waals surface area contributed by atoms with E-state index in [1.807, 2.05) is 0 Å². The zero-order valence-corrected chi connectivity index (χ0v) is 7.94. The fourth-order valence-electron chi connectivity index (χ4n) is 0.745. The van der Waals surface area contributed by atoms with Crippen molar-refractivity contribution in [1.29, 1.82) is 0 Å². The molecule has 0 saturated heterocycles. The van der Waals surface area contributed by atoms with Gasteiger partial charge in [0, 0.05) is 12.7 Å². The lowest BCUT2D eigenvalue weighted by atomic mass is 10.3. The molecule has 0 bridgehead atoms. The van der Waals surface area contributed by atoms with Crippen LogP contribution in [-0.2, 0) is 0 Å². The molecule has 0 aliphatic rings. The number of halogens is 1. The van der Waals surface area contributed by atoms with Gasteiger partial charge in [0.1, 0.15) is 5.82 Å². The number of anilines is 1. The second-order valence-corrected chi connectivity index (χ2v) is 2.93. The molecule has 5 heteroatoms. The Morgan fingerprint density at radius 3 is 2.46 bits per heavy atom. The quantitative estimate of drug-likeness (QED) is 0.407. The Hall–Kier alpha value is -1.20. The summed E-state index contributed by atoms with van der Waals surface area (Å²) in [5.74, 6) is 5.09. The fourth-order valence-corrected chi connectivity index (χ4v) is 0.863. The normalized spacial score (nSPS) is 9.46. The topological polar surface area (TPSA) is 41.3 Å². The van der Waals surface area contributed by atoms with Crippen molar-refractivity contribution in [3.05, 3.63) is 30.1 Å². The molecule has 0 fully saturated rings. The van der Waals surface area contributed by atoms with E-state index in [2.05, 4.69) is 5.32 Å². The fraction of sp³-hybridized carbons (Fsp3) is 0.125. The third-order valence-electron chi connectivity index (χ3n) is 1.42. The van der Waals surface area contributed by atoms with Crippen LogP contribution >= 0.6 is 12.2 Å². The lowest BCUT2D eigenvalue weighted by Crippen LogP contribution is -2.36. The van der Waals surface area contributed by atoms with Crippen LogP contribution < -0.4 is 11.2 Å². The first-order valence-corrected chi connectivity index (χ1v) is 4.05. The molecule has 0 aliphatic carbocycles. The van der Waals surface area contributed by atoms with Gasteiger partial charge in [0.05, 0.1) is 0 Å². The number of hydrazine groups is 1. The Labute approximate surface area is 81.3 Å². The van der Waals surface area contributed by atoms with Crippen LogP contribution in [0.1, 0.15) is 0 Å². The van der Waals surface area contributed by atoms with Gasteiger partial charge < -0.3 is 5.32 Å². The van der Waals surface area contributed by atoms with Crippen molar-refractivity contribution in [3.63, 3.8) is 0 Å². The van der Waals surface area contributed by atoms with Crippen LogP contribution in [0, 0.1) is 5.82 Å². The number of thiocarbonyl (C=S) groups is 1. The maximum atomic E-state index is 12.5. The zero-order chi connectivity index (χ0) is 9.84. The summed E-state index contributed by atoms with van der Waals surface area (Å²) in [5.41, 5.74) is 0.712. The first-order valence-electron chi connectivity index (χ1n) is 3.64. The number of hydrogen-bond donors (Lipinski definition) is 2. The van der Waals surface area contributed by atoms with Gasteiger partial charge in [0.2, 0.25) is 0 Å². The standard InChI is InChI=1S/C8H10FN3S/c1-12(10)8(13)11-7-4-2-6(9)3-5-7/h2-5H,10H2,1H3,(H,11,13). The van der Waals surface area contributed by atoms with Gasteiger partial charge in [-0.05, 0) is 36.5 Å². The van der Waals surface area contributed by atoms with Crippen LogP contribution in [-0.4, -0.2) is 17.2 Å². The van der Waals surface area contributed by atoms with Crippen LogP contribution in [0.5, 0.6) is 0 Å². The summed E-state index contributed by atoms with van der Waals surface area (Å²) in [6.07, 6.45) is 0. The molecule has 3 nitrogen and oxygen atoms in total. The monoisotopic (exact) mass is 199 g/mol. The average molecular weight is 199 g/mol. The molecule has 0 unspecified atom stereocenters. The van der Waals surface area contributed by atoms with E-state index in [1.54, 1.807) is 19.2 Å². The van der Waals surface area contributed by atoms with E-state index < -0.39 is 0 Å². The van der Waals surface area contributed by atoms with Crippen molar-refractivity contribution in [1.82, 2.24) is 5.01 Å². The van der Waals surface area contributed by atoms with E-state index in [0.717, 1.165) is 0 Å². The summed E-state index contributed by atoms with van der Waals surface area (Å²) in [6, 6.07) is 5.87. The van der Waals surface area contributed by atoms with Crippen molar-refractivity contribution in [2.45, 2.75) is 0 Å². The number of nitrogens with zero attached hydrogens (tertiary/aromatic N) is 1. The molecule has 1 aromatic carbocycles. The number of nitrogens with one attached hydrogen (secondary N) is 1. The SMILES string of the molecule is CN(N)C(=S)Nc1ccc(F)cc1. The molecule has 1 aromatic rings. The number of benzene rings is 1. The Kier molecular flexibility index (Phi) is 3.16. The minimum atomic E-state index is -0.280. The molecule has 0 spiro atoms. The van der Waals surface area contributed by atoms with E-state index in [0.29, 0.717) is 10.8 Å². The minimum absolute atomic E-state index is 0.280. The molecule has 0 radical (unpaired) electrons. The van der Waals surface area contributed by atoms with Gasteiger partial charge in [-0.2, -0.15) is 0 Å². The summed E-state index contributed by atoms with van der Waals surface area (Å²) in [4.78, 5) is 0. The molecule has 13 heavy (non-hydrogen) atoms. The highest BCUT2D eigenvalue weighted by molar-refractivity contribution is 7.80. The Morgan fingerprint density at radius 1 is 1.46 bits per heavy atom. The molecule has 1 rings (SSSR count). The van der Waals surface area contributed by atoms with Crippen LogP contribution in [0.4, 0.5) is 10.1 Å². The average Bonchev–Trinajstić information content (AvgIpc) is 2.08. The van der Waals surface area contributed by atoms with Crippen molar-refractivity contribution in [2.75, 3.05) is 12.4 Å². The lowest BCUT2D eigenvalue weighted by Gasteiger charge is -2.14. The molecule has 3 N–H and O–H groups in total. The Balaban J connectivity index is 2.65. The third kappa shape index (κ3) is 2.96. The molecule has 70 valence electrons. The van der Waals surface area contributed by atoms with E-state index in [9.17, 15) is 4.39 Å². The lowest BCUT2D eigenvalue weighted by molar-refractivity contribution is 0.548. The summed E-state index contributed by atoms with van der Waals surface area (Å²) in [5, 5.41) is 4.49. The van der Waals surface area contributed by atoms with Gasteiger partial charge >= 0.3 is 0 Å². The number of nitrogens with two attached hydrogens (primary N) is 1. The Morgan fingerprint density at radius 2 is 2.00 bits per heavy atom. The second kappa shape index (κ2) is 4.15. The predicted octanol–water partition coefficient (Wildman–Crippen LogP) is 1.33. The van der Waals surface area contributed by atoms with Crippen molar-refractivity contribution >= 4 is 23.0 Å². The van der Waals surface area contributed by atoms with Crippen LogP contribution in [0.25, 0.3) is 0 Å². The molecule has 0 aliphatic heterocycles. The van der Waals surface area contributed by atoms with Gasteiger partial charge in [-0.3, -0.25) is 5.01 Å². The predicted molar refractivity (Wildman–Crippen MR) is 54.6 cm³/mol. The van der Waals surface area contributed by atoms with Crippen LogP contribution in [0.2, 0.25) is 0 Å². The van der Waals surface area contributed by atoms with Crippen molar-refractivity contribution in [3.8, 4) is 0 Å². The molecular formula is C8H10FN3S. The highest BCUT2D eigenvalue weighted by Gasteiger charge is 1.99. The summed E-state index contributed by atoms with van der Waals surface area (Å²) < 4.78 is 12.5. The highest BCUT2D eigenvalue weighted by atomic mass is 32.1. The maximum Gasteiger partial charge on any atom is 0.187 e. The summed E-state index contributed by atoms with van der Waals surface area (Å²) in [7, 11) is 1.62. The Bertz CT molecular complexity index is 297. The van der Waals surface area contributed by atoms with Crippen LogP contribution in [0.15, 0.2) is 24.3 Å². The smallest absolute Gasteiger partial charge is 0.187 e. The van der Waals surface area contributed by atoms with E-state index in [4.69, 9.17) is 18.1 Å². The van der Waals surface area contributed by atoms with E-state index in [1.165, 1.54) is 17.1 Å². The first kappa shape index (κ1) is 9.88. The summed E-state index contributed by atoms with van der Waals surface area (Å²) >= 11 is 4.89. The summed E-state index contributed by atoms with van der Waals surface area (Å²) in [6.45, 7) is 0. The van der Waals surface area contributed by atoms with Gasteiger partial charge in [0.25, 0.3) is 0 Å². The van der Waals surface area contributed by atoms with E-state index in [-0.39, 0.29) is 5.82 Å². The largest absolute Gasteiger partial charge is 0.332 e. The molecule has 0 atom stereocenters. The second-order valence-electron chi connectivity index (χ2n) is 2.55. The maximum absolute atomic E-state index is 12.5. The number of hydrogen-bond acceptors (Lipinski definition) is 2. The minimum Gasteiger partial charge on any atom is -0.332 e. The highest BCUT2D eigenvalue weighted by Crippen LogP contribution is 2.08. The van der Waals surface area contributed by atoms with Crippen molar-refractivity contribution in [2.24, 2.45) is 5.84 Å². The van der Waals surface area contributed by atoms with Crippen LogP contribution in [0.3, 0.4) is 0 Å². The zero-order valence-electron chi connectivity index (χ0n) is 7.12. The van der Waals surface area contributed by atoms with Gasteiger partial charge in [-0.15, -0.1) is 0 Å². The van der Waals surface area contributed by atoms with E-state index >= 15 is 0 Å². The third-order valence-corrected chi connectivity index (χ3v) is 1.81. The molecule has 0 saturated carbocycles. The van der Waals surface area contributed by atoms with Gasteiger partial charge in [0.15, 0.2) is 5.11 Å².